The molecule has 0 unspecified atom stereocenters. The van der Waals surface area contributed by atoms with Crippen LogP contribution in [0.3, 0.4) is 0 Å². The van der Waals surface area contributed by atoms with Crippen molar-refractivity contribution in [1.29, 1.82) is 0 Å². The second-order valence-electron chi connectivity index (χ2n) is 5.51. The number of hydrogen-bond donors (Lipinski definition) is 1. The van der Waals surface area contributed by atoms with Gasteiger partial charge in [0, 0.05) is 25.3 Å². The Morgan fingerprint density at radius 2 is 1.72 bits per heavy atom. The van der Waals surface area contributed by atoms with Gasteiger partial charge in [0.1, 0.15) is 35.4 Å². The third kappa shape index (κ3) is 5.22. The molecule has 7 heteroatoms. The van der Waals surface area contributed by atoms with Gasteiger partial charge in [0.05, 0.1) is 6.61 Å². The molecule has 4 nitrogen and oxygen atoms in total. The van der Waals surface area contributed by atoms with Crippen molar-refractivity contribution >= 4 is 5.91 Å². The number of rotatable bonds is 7. The topological polar surface area (TPSA) is 47.6 Å². The smallest absolute Gasteiger partial charge is 0.257 e. The lowest BCUT2D eigenvalue weighted by atomic mass is 10.1. The second-order valence-corrected chi connectivity index (χ2v) is 5.51. The quantitative estimate of drug-likeness (QED) is 0.829. The highest BCUT2D eigenvalue weighted by Crippen LogP contribution is 2.22. The fourth-order valence-corrected chi connectivity index (χ4v) is 2.19. The molecule has 1 atom stereocenters. The highest BCUT2D eigenvalue weighted by atomic mass is 19.1. The van der Waals surface area contributed by atoms with E-state index in [2.05, 4.69) is 5.32 Å². The maximum absolute atomic E-state index is 14.1. The molecular formula is C18H18F3NO3. The average Bonchev–Trinajstić information content (AvgIpc) is 2.53. The summed E-state index contributed by atoms with van der Waals surface area (Å²) in [6.45, 7) is 1.88. The Morgan fingerprint density at radius 1 is 1.12 bits per heavy atom. The van der Waals surface area contributed by atoms with Crippen LogP contribution in [0.15, 0.2) is 36.4 Å². The largest absolute Gasteiger partial charge is 0.489 e. The number of methoxy groups -OCH3 is 1. The standard InChI is InChI=1S/C18H18F3NO3/c1-11(9-24-2)22-18(23)17-15(20)7-14(8-16(17)21)25-10-12-3-5-13(19)6-4-12/h3-8,11H,9-10H2,1-2H3,(H,22,23)/t11-/m1/s1. The van der Waals surface area contributed by atoms with E-state index in [1.807, 2.05) is 0 Å². The Balaban J connectivity index is 2.08. The van der Waals surface area contributed by atoms with Gasteiger partial charge in [-0.1, -0.05) is 12.1 Å². The molecule has 0 aliphatic heterocycles. The molecule has 134 valence electrons. The number of carbonyl (C=O) groups excluding carboxylic acids is 1. The summed E-state index contributed by atoms with van der Waals surface area (Å²) in [5.41, 5.74) is -0.0467. The number of nitrogens with one attached hydrogen (secondary N) is 1. The van der Waals surface area contributed by atoms with Crippen LogP contribution in [0.25, 0.3) is 0 Å². The van der Waals surface area contributed by atoms with E-state index in [4.69, 9.17) is 9.47 Å². The monoisotopic (exact) mass is 353 g/mol. The minimum atomic E-state index is -1.03. The number of benzene rings is 2. The van der Waals surface area contributed by atoms with Gasteiger partial charge >= 0.3 is 0 Å². The maximum atomic E-state index is 14.1. The van der Waals surface area contributed by atoms with Crippen molar-refractivity contribution in [3.8, 4) is 5.75 Å². The molecule has 2 aromatic carbocycles. The van der Waals surface area contributed by atoms with Crippen LogP contribution in [0.5, 0.6) is 5.75 Å². The SMILES string of the molecule is COC[C@@H](C)NC(=O)c1c(F)cc(OCc2ccc(F)cc2)cc1F. The van der Waals surface area contributed by atoms with E-state index in [1.54, 1.807) is 6.92 Å². The Hall–Kier alpha value is -2.54. The summed E-state index contributed by atoms with van der Waals surface area (Å²) in [4.78, 5) is 12.0. The van der Waals surface area contributed by atoms with Crippen LogP contribution < -0.4 is 10.1 Å². The van der Waals surface area contributed by atoms with Crippen LogP contribution in [0, 0.1) is 17.5 Å². The second kappa shape index (κ2) is 8.53. The van der Waals surface area contributed by atoms with Crippen LogP contribution in [0.2, 0.25) is 0 Å². The van der Waals surface area contributed by atoms with Crippen LogP contribution >= 0.6 is 0 Å². The summed E-state index contributed by atoms with van der Waals surface area (Å²) in [5.74, 6) is -3.39. The zero-order valence-corrected chi connectivity index (χ0v) is 13.8. The van der Waals surface area contributed by atoms with Crippen LogP contribution in [-0.4, -0.2) is 25.7 Å². The average molecular weight is 353 g/mol. The van der Waals surface area contributed by atoms with Gasteiger partial charge in [0.15, 0.2) is 0 Å². The first kappa shape index (κ1) is 18.8. The number of amides is 1. The zero-order valence-electron chi connectivity index (χ0n) is 13.8. The Kier molecular flexibility index (Phi) is 6.41. The van der Waals surface area contributed by atoms with Gasteiger partial charge in [-0.15, -0.1) is 0 Å². The molecule has 0 radical (unpaired) electrons. The van der Waals surface area contributed by atoms with Crippen molar-refractivity contribution in [2.24, 2.45) is 0 Å². The van der Waals surface area contributed by atoms with Gasteiger partial charge in [0.25, 0.3) is 5.91 Å². The van der Waals surface area contributed by atoms with E-state index in [-0.39, 0.29) is 24.8 Å². The molecule has 1 amide bonds. The minimum Gasteiger partial charge on any atom is -0.489 e. The van der Waals surface area contributed by atoms with Gasteiger partial charge in [-0.25, -0.2) is 13.2 Å². The fraction of sp³-hybridized carbons (Fsp3) is 0.278. The van der Waals surface area contributed by atoms with Crippen LogP contribution in [0.1, 0.15) is 22.8 Å². The normalized spacial score (nSPS) is 11.9. The highest BCUT2D eigenvalue weighted by Gasteiger charge is 2.20. The number of hydrogen-bond acceptors (Lipinski definition) is 3. The van der Waals surface area contributed by atoms with E-state index < -0.39 is 29.1 Å². The van der Waals surface area contributed by atoms with Crippen molar-refractivity contribution < 1.29 is 27.4 Å². The van der Waals surface area contributed by atoms with E-state index in [9.17, 15) is 18.0 Å². The van der Waals surface area contributed by atoms with Crippen molar-refractivity contribution in [2.75, 3.05) is 13.7 Å². The molecule has 0 bridgehead atoms. The lowest BCUT2D eigenvalue weighted by molar-refractivity contribution is 0.0897. The van der Waals surface area contributed by atoms with E-state index in [0.29, 0.717) is 5.56 Å². The molecule has 25 heavy (non-hydrogen) atoms. The van der Waals surface area contributed by atoms with Crippen molar-refractivity contribution in [2.45, 2.75) is 19.6 Å². The molecule has 0 spiro atoms. The molecule has 0 heterocycles. The molecular weight excluding hydrogens is 335 g/mol. The first-order valence-corrected chi connectivity index (χ1v) is 7.56. The van der Waals surface area contributed by atoms with Crippen LogP contribution in [0.4, 0.5) is 13.2 Å². The molecule has 0 aliphatic carbocycles. The van der Waals surface area contributed by atoms with Crippen molar-refractivity contribution in [3.05, 3.63) is 65.0 Å². The first-order chi connectivity index (χ1) is 11.9. The third-order valence-corrected chi connectivity index (χ3v) is 3.36. The summed E-state index contributed by atoms with van der Waals surface area (Å²) >= 11 is 0. The van der Waals surface area contributed by atoms with Gasteiger partial charge in [0.2, 0.25) is 0 Å². The summed E-state index contributed by atoms with van der Waals surface area (Å²) in [7, 11) is 1.46. The van der Waals surface area contributed by atoms with Gasteiger partial charge in [-0.05, 0) is 24.6 Å². The first-order valence-electron chi connectivity index (χ1n) is 7.56. The Bertz CT molecular complexity index is 712. The molecule has 2 aromatic rings. The summed E-state index contributed by atoms with van der Waals surface area (Å²) in [6, 6.07) is 6.99. The summed E-state index contributed by atoms with van der Waals surface area (Å²) < 4.78 is 51.2. The van der Waals surface area contributed by atoms with E-state index in [1.165, 1.54) is 31.4 Å². The highest BCUT2D eigenvalue weighted by molar-refractivity contribution is 5.95. The molecule has 0 aliphatic rings. The molecule has 0 saturated carbocycles. The minimum absolute atomic E-state index is 0.00950. The maximum Gasteiger partial charge on any atom is 0.257 e. The van der Waals surface area contributed by atoms with E-state index >= 15 is 0 Å². The van der Waals surface area contributed by atoms with Gasteiger partial charge in [-0.2, -0.15) is 0 Å². The summed E-state index contributed by atoms with van der Waals surface area (Å²) in [6.07, 6.45) is 0. The van der Waals surface area contributed by atoms with Crippen molar-refractivity contribution in [3.63, 3.8) is 0 Å². The fourth-order valence-electron chi connectivity index (χ4n) is 2.19. The van der Waals surface area contributed by atoms with Crippen molar-refractivity contribution in [1.82, 2.24) is 5.32 Å². The summed E-state index contributed by atoms with van der Waals surface area (Å²) in [5, 5.41) is 2.44. The van der Waals surface area contributed by atoms with E-state index in [0.717, 1.165) is 12.1 Å². The molecule has 0 aromatic heterocycles. The predicted octanol–water partition coefficient (Wildman–Crippen LogP) is 3.45. The van der Waals surface area contributed by atoms with Crippen LogP contribution in [-0.2, 0) is 11.3 Å². The van der Waals surface area contributed by atoms with Gasteiger partial charge < -0.3 is 14.8 Å². The number of carbonyl (C=O) groups is 1. The third-order valence-electron chi connectivity index (χ3n) is 3.36. The molecule has 2 rings (SSSR count). The number of halogens is 3. The lowest BCUT2D eigenvalue weighted by Crippen LogP contribution is -2.36. The Morgan fingerprint density at radius 3 is 2.28 bits per heavy atom. The molecule has 0 fully saturated rings. The zero-order chi connectivity index (χ0) is 18.4. The number of ether oxygens (including phenoxy) is 2. The molecule has 1 N–H and O–H groups in total. The predicted molar refractivity (Wildman–Crippen MR) is 85.9 cm³/mol. The molecule has 0 saturated heterocycles. The van der Waals surface area contributed by atoms with Gasteiger partial charge in [-0.3, -0.25) is 4.79 Å². The lowest BCUT2D eigenvalue weighted by Gasteiger charge is -2.14. The Labute approximate surface area is 143 Å².